The highest BCUT2D eigenvalue weighted by atomic mass is 16.5. The van der Waals surface area contributed by atoms with Gasteiger partial charge >= 0.3 is 19.1 Å². The van der Waals surface area contributed by atoms with Crippen molar-refractivity contribution in [2.45, 2.75) is 13.2 Å². The molecule has 2 aromatic heterocycles. The number of hydrogen-bond acceptors (Lipinski definition) is 10. The van der Waals surface area contributed by atoms with Crippen LogP contribution in [0.2, 0.25) is 0 Å². The molecule has 4 rings (SSSR count). The summed E-state index contributed by atoms with van der Waals surface area (Å²) in [6.45, 7) is 0.736. The SMILES string of the molecule is COCc1cccc2c1nc(OC)n2-c1nc(NCc2cccc(B(O)O)c2)nc(OC)n1. The first-order valence-electron chi connectivity index (χ1n) is 10.1. The Kier molecular flexibility index (Phi) is 6.68. The first-order valence-corrected chi connectivity index (χ1v) is 10.1. The van der Waals surface area contributed by atoms with Gasteiger partial charge in [-0.15, -0.1) is 0 Å². The minimum absolute atomic E-state index is 0.110. The fourth-order valence-electron chi connectivity index (χ4n) is 3.40. The summed E-state index contributed by atoms with van der Waals surface area (Å²) in [7, 11) is 3.07. The molecule has 11 nitrogen and oxygen atoms in total. The second-order valence-electron chi connectivity index (χ2n) is 7.07. The van der Waals surface area contributed by atoms with Crippen LogP contribution in [-0.4, -0.2) is 63.0 Å². The van der Waals surface area contributed by atoms with Crippen LogP contribution in [0.1, 0.15) is 11.1 Å². The summed E-state index contributed by atoms with van der Waals surface area (Å²) >= 11 is 0. The molecule has 0 aliphatic carbocycles. The van der Waals surface area contributed by atoms with Gasteiger partial charge in [0, 0.05) is 19.2 Å². The van der Waals surface area contributed by atoms with E-state index >= 15 is 0 Å². The van der Waals surface area contributed by atoms with E-state index in [4.69, 9.17) is 14.2 Å². The average molecular weight is 450 g/mol. The van der Waals surface area contributed by atoms with Gasteiger partial charge < -0.3 is 29.6 Å². The van der Waals surface area contributed by atoms with E-state index in [9.17, 15) is 10.0 Å². The molecule has 0 saturated carbocycles. The highest BCUT2D eigenvalue weighted by Crippen LogP contribution is 2.28. The molecule has 0 saturated heterocycles. The molecule has 0 radical (unpaired) electrons. The first-order chi connectivity index (χ1) is 16.0. The Balaban J connectivity index is 1.72. The number of rotatable bonds is 9. The lowest BCUT2D eigenvalue weighted by Crippen LogP contribution is -2.30. The average Bonchev–Trinajstić information content (AvgIpc) is 3.22. The van der Waals surface area contributed by atoms with E-state index in [0.717, 1.165) is 16.6 Å². The van der Waals surface area contributed by atoms with Crippen molar-refractivity contribution in [1.29, 1.82) is 0 Å². The smallest absolute Gasteiger partial charge is 0.468 e. The number of nitrogens with zero attached hydrogens (tertiary/aromatic N) is 5. The Morgan fingerprint density at radius 1 is 0.970 bits per heavy atom. The fourth-order valence-corrected chi connectivity index (χ4v) is 3.40. The van der Waals surface area contributed by atoms with Crippen molar-refractivity contribution in [2.75, 3.05) is 26.6 Å². The monoisotopic (exact) mass is 450 g/mol. The summed E-state index contributed by atoms with van der Waals surface area (Å²) in [4.78, 5) is 17.8. The van der Waals surface area contributed by atoms with Gasteiger partial charge in [0.2, 0.25) is 11.9 Å². The van der Waals surface area contributed by atoms with Gasteiger partial charge in [0.05, 0.1) is 31.9 Å². The summed E-state index contributed by atoms with van der Waals surface area (Å²) in [5, 5.41) is 21.9. The largest absolute Gasteiger partial charge is 0.488 e. The van der Waals surface area contributed by atoms with Crippen LogP contribution >= 0.6 is 0 Å². The summed E-state index contributed by atoms with van der Waals surface area (Å²) in [6.07, 6.45) is 0. The van der Waals surface area contributed by atoms with Crippen LogP contribution in [0, 0.1) is 0 Å². The van der Waals surface area contributed by atoms with E-state index in [0.29, 0.717) is 30.1 Å². The van der Waals surface area contributed by atoms with Crippen LogP contribution < -0.4 is 20.3 Å². The van der Waals surface area contributed by atoms with Gasteiger partial charge in [-0.3, -0.25) is 0 Å². The molecule has 12 heteroatoms. The number of benzene rings is 2. The minimum atomic E-state index is -1.54. The predicted molar refractivity (Wildman–Crippen MR) is 122 cm³/mol. The number of para-hydroxylation sites is 1. The summed E-state index contributed by atoms with van der Waals surface area (Å²) < 4.78 is 17.7. The van der Waals surface area contributed by atoms with Gasteiger partial charge in [-0.2, -0.15) is 19.9 Å². The number of nitrogens with one attached hydrogen (secondary N) is 1. The van der Waals surface area contributed by atoms with E-state index in [2.05, 4.69) is 25.3 Å². The molecular formula is C21H23BN6O5. The molecule has 0 bridgehead atoms. The van der Waals surface area contributed by atoms with Crippen molar-refractivity contribution in [3.63, 3.8) is 0 Å². The molecule has 0 fully saturated rings. The zero-order valence-corrected chi connectivity index (χ0v) is 18.4. The third kappa shape index (κ3) is 4.72. The normalized spacial score (nSPS) is 10.9. The molecule has 3 N–H and O–H groups in total. The highest BCUT2D eigenvalue weighted by Gasteiger charge is 2.19. The second kappa shape index (κ2) is 9.82. The topological polar surface area (TPSA) is 137 Å². The molecule has 0 amide bonds. The maximum absolute atomic E-state index is 9.39. The number of methoxy groups -OCH3 is 3. The van der Waals surface area contributed by atoms with E-state index in [1.54, 1.807) is 29.9 Å². The lowest BCUT2D eigenvalue weighted by molar-refractivity contribution is 0.186. The van der Waals surface area contributed by atoms with E-state index in [1.165, 1.54) is 14.2 Å². The lowest BCUT2D eigenvalue weighted by atomic mass is 9.80. The Labute approximate surface area is 190 Å². The molecule has 2 heterocycles. The molecule has 2 aromatic carbocycles. The standard InChI is InChI=1S/C21H23BN6O5/c1-31-12-14-7-5-9-16-17(14)24-21(33-3)28(16)19-25-18(26-20(27-19)32-2)23-11-13-6-4-8-15(10-13)22(29)30/h4-10,29-30H,11-12H2,1-3H3,(H,23,25,26,27). The fraction of sp³-hybridized carbons (Fsp3) is 0.238. The number of fused-ring (bicyclic) bond motifs is 1. The molecule has 0 spiro atoms. The van der Waals surface area contributed by atoms with Crippen LogP contribution in [-0.2, 0) is 17.9 Å². The number of aromatic nitrogens is 5. The predicted octanol–water partition coefficient (Wildman–Crippen LogP) is 0.666. The van der Waals surface area contributed by atoms with E-state index in [1.807, 2.05) is 24.3 Å². The Morgan fingerprint density at radius 3 is 2.52 bits per heavy atom. The van der Waals surface area contributed by atoms with Gasteiger partial charge in [-0.1, -0.05) is 36.4 Å². The molecule has 0 atom stereocenters. The molecule has 0 aliphatic rings. The number of hydrogen-bond donors (Lipinski definition) is 3. The minimum Gasteiger partial charge on any atom is -0.468 e. The van der Waals surface area contributed by atoms with E-state index < -0.39 is 7.12 Å². The quantitative estimate of drug-likeness (QED) is 0.312. The van der Waals surface area contributed by atoms with Gasteiger partial charge in [-0.25, -0.2) is 4.57 Å². The van der Waals surface area contributed by atoms with Crippen molar-refractivity contribution in [3.8, 4) is 18.0 Å². The summed E-state index contributed by atoms with van der Waals surface area (Å²) in [5.74, 6) is 0.529. The van der Waals surface area contributed by atoms with Crippen LogP contribution in [0.25, 0.3) is 17.0 Å². The van der Waals surface area contributed by atoms with Crippen LogP contribution in [0.4, 0.5) is 5.95 Å². The maximum Gasteiger partial charge on any atom is 0.488 e. The second-order valence-corrected chi connectivity index (χ2v) is 7.07. The van der Waals surface area contributed by atoms with Crippen LogP contribution in [0.15, 0.2) is 42.5 Å². The summed E-state index contributed by atoms with van der Waals surface area (Å²) in [5.41, 5.74) is 3.56. The van der Waals surface area contributed by atoms with Gasteiger partial charge in [0.15, 0.2) is 0 Å². The van der Waals surface area contributed by atoms with Crippen molar-refractivity contribution >= 4 is 29.6 Å². The van der Waals surface area contributed by atoms with Crippen molar-refractivity contribution < 1.29 is 24.3 Å². The lowest BCUT2D eigenvalue weighted by Gasteiger charge is -2.11. The van der Waals surface area contributed by atoms with Gasteiger partial charge in [-0.05, 0) is 17.1 Å². The van der Waals surface area contributed by atoms with Crippen molar-refractivity contribution in [3.05, 3.63) is 53.6 Å². The molecule has 0 aliphatic heterocycles. The number of imidazole rings is 1. The maximum atomic E-state index is 9.39. The van der Waals surface area contributed by atoms with E-state index in [-0.39, 0.29) is 17.9 Å². The Morgan fingerprint density at radius 2 is 1.79 bits per heavy atom. The molecule has 4 aromatic rings. The molecule has 33 heavy (non-hydrogen) atoms. The van der Waals surface area contributed by atoms with Crippen molar-refractivity contribution in [2.24, 2.45) is 0 Å². The van der Waals surface area contributed by atoms with Crippen LogP contribution in [0.5, 0.6) is 12.0 Å². The Bertz CT molecular complexity index is 1270. The first kappa shape index (κ1) is 22.5. The molecule has 170 valence electrons. The molecular weight excluding hydrogens is 427 g/mol. The van der Waals surface area contributed by atoms with Crippen LogP contribution in [0.3, 0.4) is 0 Å². The zero-order chi connectivity index (χ0) is 23.4. The Hall–Kier alpha value is -3.74. The highest BCUT2D eigenvalue weighted by molar-refractivity contribution is 6.58. The number of anilines is 1. The molecule has 0 unspecified atom stereocenters. The number of ether oxygens (including phenoxy) is 3. The summed E-state index contributed by atoms with van der Waals surface area (Å²) in [6, 6.07) is 13.0. The van der Waals surface area contributed by atoms with Crippen molar-refractivity contribution in [1.82, 2.24) is 24.5 Å². The third-order valence-corrected chi connectivity index (χ3v) is 4.91. The third-order valence-electron chi connectivity index (χ3n) is 4.91. The zero-order valence-electron chi connectivity index (χ0n) is 18.4. The van der Waals surface area contributed by atoms with Gasteiger partial charge in [0.25, 0.3) is 0 Å². The van der Waals surface area contributed by atoms with Gasteiger partial charge in [0.1, 0.15) is 0 Å².